The summed E-state index contributed by atoms with van der Waals surface area (Å²) in [6.07, 6.45) is -3.89. The topological polar surface area (TPSA) is 75.4 Å². The first-order chi connectivity index (χ1) is 9.16. The predicted octanol–water partition coefficient (Wildman–Crippen LogP) is 2.72. The van der Waals surface area contributed by atoms with E-state index in [0.717, 1.165) is 12.1 Å². The molecule has 1 aromatic rings. The second kappa shape index (κ2) is 6.13. The van der Waals surface area contributed by atoms with Gasteiger partial charge in [0.05, 0.1) is 17.3 Å². The van der Waals surface area contributed by atoms with Crippen molar-refractivity contribution in [2.24, 2.45) is 11.7 Å². The van der Waals surface area contributed by atoms with Gasteiger partial charge in [-0.1, -0.05) is 20.3 Å². The molecule has 1 aromatic carbocycles. The van der Waals surface area contributed by atoms with E-state index >= 15 is 0 Å². The molecule has 0 aromatic heterocycles. The number of nitrogens with two attached hydrogens (primary N) is 1. The fourth-order valence-electron chi connectivity index (χ4n) is 1.54. The monoisotopic (exact) mass is 290 g/mol. The molecule has 4 nitrogen and oxygen atoms in total. The number of halogens is 3. The first kappa shape index (κ1) is 16.3. The fourth-order valence-corrected chi connectivity index (χ4v) is 1.54. The molecular formula is C13H17F3N2O2. The van der Waals surface area contributed by atoms with Crippen LogP contribution in [0.15, 0.2) is 18.2 Å². The molecule has 0 heterocycles. The first-order valence-electron chi connectivity index (χ1n) is 6.13. The second-order valence-corrected chi connectivity index (χ2v) is 4.63. The molecule has 7 heteroatoms. The largest absolute Gasteiger partial charge is 0.506 e. The van der Waals surface area contributed by atoms with Crippen LogP contribution >= 0.6 is 0 Å². The first-order valence-corrected chi connectivity index (χ1v) is 6.13. The van der Waals surface area contributed by atoms with Crippen LogP contribution < -0.4 is 11.1 Å². The van der Waals surface area contributed by atoms with Gasteiger partial charge in [0.25, 0.3) is 0 Å². The van der Waals surface area contributed by atoms with Gasteiger partial charge in [0.15, 0.2) is 0 Å². The molecule has 0 spiro atoms. The third-order valence-electron chi connectivity index (χ3n) is 3.14. The van der Waals surface area contributed by atoms with Crippen LogP contribution in [0.5, 0.6) is 5.75 Å². The maximum atomic E-state index is 12.6. The average molecular weight is 290 g/mol. The van der Waals surface area contributed by atoms with Gasteiger partial charge in [0, 0.05) is 0 Å². The number of phenolic OH excluding ortho intramolecular Hbond substituents is 1. The van der Waals surface area contributed by atoms with Crippen LogP contribution in [0.2, 0.25) is 0 Å². The minimum Gasteiger partial charge on any atom is -0.506 e. The Morgan fingerprint density at radius 1 is 1.45 bits per heavy atom. The van der Waals surface area contributed by atoms with Crippen LogP contribution in [-0.4, -0.2) is 17.1 Å². The summed E-state index contributed by atoms with van der Waals surface area (Å²) in [7, 11) is 0. The molecule has 0 fully saturated rings. The zero-order chi connectivity index (χ0) is 15.5. The van der Waals surface area contributed by atoms with E-state index < -0.39 is 29.4 Å². The molecule has 0 aliphatic carbocycles. The van der Waals surface area contributed by atoms with E-state index in [1.54, 1.807) is 6.92 Å². The van der Waals surface area contributed by atoms with Crippen molar-refractivity contribution in [2.75, 3.05) is 5.32 Å². The lowest BCUT2D eigenvalue weighted by molar-refractivity contribution is -0.137. The van der Waals surface area contributed by atoms with E-state index in [0.29, 0.717) is 12.5 Å². The summed E-state index contributed by atoms with van der Waals surface area (Å²) < 4.78 is 37.7. The Bertz CT molecular complexity index is 489. The van der Waals surface area contributed by atoms with Gasteiger partial charge in [-0.2, -0.15) is 13.2 Å². The zero-order valence-corrected chi connectivity index (χ0v) is 11.2. The van der Waals surface area contributed by atoms with Crippen LogP contribution in [0.3, 0.4) is 0 Å². The summed E-state index contributed by atoms with van der Waals surface area (Å²) in [6, 6.07) is 1.44. The Balaban J connectivity index is 2.95. The van der Waals surface area contributed by atoms with Crippen molar-refractivity contribution >= 4 is 11.6 Å². The molecule has 0 saturated carbocycles. The number of phenols is 1. The van der Waals surface area contributed by atoms with E-state index in [9.17, 15) is 23.1 Å². The summed E-state index contributed by atoms with van der Waals surface area (Å²) in [5, 5.41) is 11.7. The minimum atomic E-state index is -4.55. The SMILES string of the molecule is CC[C@H](C)[C@H](N)C(=O)Nc1cc(C(F)(F)F)ccc1O. The molecule has 2 atom stereocenters. The van der Waals surface area contributed by atoms with Gasteiger partial charge < -0.3 is 16.2 Å². The van der Waals surface area contributed by atoms with Crippen molar-refractivity contribution in [1.29, 1.82) is 0 Å². The number of amides is 1. The lowest BCUT2D eigenvalue weighted by Gasteiger charge is -2.18. The van der Waals surface area contributed by atoms with E-state index in [1.165, 1.54) is 0 Å². The molecule has 4 N–H and O–H groups in total. The van der Waals surface area contributed by atoms with Crippen LogP contribution in [0.1, 0.15) is 25.8 Å². The summed E-state index contributed by atoms with van der Waals surface area (Å²) in [5.74, 6) is -1.19. The number of benzene rings is 1. The Morgan fingerprint density at radius 2 is 2.05 bits per heavy atom. The Morgan fingerprint density at radius 3 is 2.55 bits per heavy atom. The highest BCUT2D eigenvalue weighted by Crippen LogP contribution is 2.34. The van der Waals surface area contributed by atoms with Crippen LogP contribution in [0.4, 0.5) is 18.9 Å². The van der Waals surface area contributed by atoms with E-state index in [2.05, 4.69) is 5.32 Å². The average Bonchev–Trinajstić information content (AvgIpc) is 2.38. The van der Waals surface area contributed by atoms with Crippen molar-refractivity contribution in [3.8, 4) is 5.75 Å². The molecule has 0 aliphatic rings. The molecule has 0 saturated heterocycles. The number of rotatable bonds is 4. The van der Waals surface area contributed by atoms with Crippen LogP contribution in [-0.2, 0) is 11.0 Å². The maximum Gasteiger partial charge on any atom is 0.416 e. The Labute approximate surface area is 114 Å². The normalized spacial score (nSPS) is 14.7. The molecule has 1 rings (SSSR count). The predicted molar refractivity (Wildman–Crippen MR) is 69.2 cm³/mol. The molecule has 0 unspecified atom stereocenters. The summed E-state index contributed by atoms with van der Waals surface area (Å²) >= 11 is 0. The van der Waals surface area contributed by atoms with Crippen molar-refractivity contribution in [3.63, 3.8) is 0 Å². The molecule has 0 radical (unpaired) electrons. The number of alkyl halides is 3. The summed E-state index contributed by atoms with van der Waals surface area (Å²) in [5.41, 5.74) is 4.42. The number of nitrogens with one attached hydrogen (secondary N) is 1. The van der Waals surface area contributed by atoms with Gasteiger partial charge in [0.2, 0.25) is 5.91 Å². The summed E-state index contributed by atoms with van der Waals surface area (Å²) in [4.78, 5) is 11.8. The van der Waals surface area contributed by atoms with Gasteiger partial charge >= 0.3 is 6.18 Å². The number of aromatic hydroxyl groups is 1. The Hall–Kier alpha value is -1.76. The van der Waals surface area contributed by atoms with Crippen molar-refractivity contribution in [2.45, 2.75) is 32.5 Å². The van der Waals surface area contributed by atoms with Gasteiger partial charge in [-0.3, -0.25) is 4.79 Å². The quantitative estimate of drug-likeness (QED) is 0.746. The standard InChI is InChI=1S/C13H17F3N2O2/c1-3-7(2)11(17)12(20)18-9-6-8(13(14,15)16)4-5-10(9)19/h4-7,11,19H,3,17H2,1-2H3,(H,18,20)/t7-,11-/m0/s1. The van der Waals surface area contributed by atoms with Crippen LogP contribution in [0.25, 0.3) is 0 Å². The van der Waals surface area contributed by atoms with Gasteiger partial charge in [-0.25, -0.2) is 0 Å². The lowest BCUT2D eigenvalue weighted by Crippen LogP contribution is -2.40. The third kappa shape index (κ3) is 3.86. The van der Waals surface area contributed by atoms with Crippen LogP contribution in [0, 0.1) is 5.92 Å². The molecule has 112 valence electrons. The fraction of sp³-hybridized carbons (Fsp3) is 0.462. The minimum absolute atomic E-state index is 0.122. The van der Waals surface area contributed by atoms with Crippen molar-refractivity contribution < 1.29 is 23.1 Å². The number of carbonyl (C=O) groups is 1. The molecule has 1 amide bonds. The highest BCUT2D eigenvalue weighted by molar-refractivity contribution is 5.96. The van der Waals surface area contributed by atoms with Crippen molar-refractivity contribution in [1.82, 2.24) is 0 Å². The van der Waals surface area contributed by atoms with Gasteiger partial charge in [-0.15, -0.1) is 0 Å². The molecular weight excluding hydrogens is 273 g/mol. The van der Waals surface area contributed by atoms with Gasteiger partial charge in [0.1, 0.15) is 5.75 Å². The van der Waals surface area contributed by atoms with E-state index in [4.69, 9.17) is 5.73 Å². The number of carbonyl (C=O) groups excluding carboxylic acids is 1. The Kier molecular flexibility index (Phi) is 4.99. The molecule has 0 aliphatic heterocycles. The third-order valence-corrected chi connectivity index (χ3v) is 3.14. The van der Waals surface area contributed by atoms with Crippen molar-refractivity contribution in [3.05, 3.63) is 23.8 Å². The van der Waals surface area contributed by atoms with E-state index in [1.807, 2.05) is 6.92 Å². The maximum absolute atomic E-state index is 12.6. The summed E-state index contributed by atoms with van der Waals surface area (Å²) in [6.45, 7) is 3.61. The van der Waals surface area contributed by atoms with E-state index in [-0.39, 0.29) is 11.6 Å². The smallest absolute Gasteiger partial charge is 0.416 e. The lowest BCUT2D eigenvalue weighted by atomic mass is 9.99. The van der Waals surface area contributed by atoms with Gasteiger partial charge in [-0.05, 0) is 24.1 Å². The highest BCUT2D eigenvalue weighted by atomic mass is 19.4. The molecule has 20 heavy (non-hydrogen) atoms. The highest BCUT2D eigenvalue weighted by Gasteiger charge is 2.31. The molecule has 0 bridgehead atoms. The number of hydrogen-bond acceptors (Lipinski definition) is 3. The number of hydrogen-bond donors (Lipinski definition) is 3. The zero-order valence-electron chi connectivity index (χ0n) is 11.2. The number of anilines is 1. The second-order valence-electron chi connectivity index (χ2n) is 4.63.